The van der Waals surface area contributed by atoms with Gasteiger partial charge in [-0.15, -0.1) is 0 Å². The summed E-state index contributed by atoms with van der Waals surface area (Å²) in [6.45, 7) is 9.52. The summed E-state index contributed by atoms with van der Waals surface area (Å²) in [5, 5.41) is 22.8. The first kappa shape index (κ1) is 54.4. The molecule has 71 heavy (non-hydrogen) atoms. The molecule has 0 radical (unpaired) electrons. The number of hydrogen-bond acceptors (Lipinski definition) is 15. The lowest BCUT2D eigenvalue weighted by Gasteiger charge is -2.42. The molecule has 2 aromatic rings. The van der Waals surface area contributed by atoms with Crippen molar-refractivity contribution in [3.05, 3.63) is 76.3 Å². The molecule has 2 aromatic carbocycles. The molecule has 2 fully saturated rings. The predicted molar refractivity (Wildman–Crippen MR) is 261 cm³/mol. The van der Waals surface area contributed by atoms with Crippen molar-refractivity contribution in [2.45, 2.75) is 109 Å². The smallest absolute Gasteiger partial charge is 0.409 e. The number of rotatable bonds is 16. The summed E-state index contributed by atoms with van der Waals surface area (Å²) in [7, 11) is 5.91. The number of nitrogens with zero attached hydrogens (tertiary/aromatic N) is 4. The first-order valence-corrected chi connectivity index (χ1v) is 23.8. The lowest BCUT2D eigenvalue weighted by Crippen LogP contribution is -2.63. The Kier molecular flexibility index (Phi) is 18.1. The van der Waals surface area contributed by atoms with Crippen LogP contribution < -0.4 is 25.3 Å². The Labute approximate surface area is 418 Å². The molecule has 21 heteroatoms. The number of alkyl carbamates (subject to hydrolysis) is 1. The highest BCUT2D eigenvalue weighted by atomic mass is 35.5. The number of hydrogen-bond donors (Lipinski definition) is 3. The van der Waals surface area contributed by atoms with Crippen LogP contribution in [0.2, 0.25) is 5.02 Å². The third-order valence-electron chi connectivity index (χ3n) is 13.2. The number of benzene rings is 2. The van der Waals surface area contributed by atoms with Gasteiger partial charge in [0.15, 0.2) is 5.72 Å². The lowest BCUT2D eigenvalue weighted by molar-refractivity contribution is -0.162. The van der Waals surface area contributed by atoms with Crippen molar-refractivity contribution in [1.29, 1.82) is 0 Å². The molecule has 3 N–H and O–H groups in total. The van der Waals surface area contributed by atoms with Gasteiger partial charge in [0.1, 0.15) is 40.7 Å². The summed E-state index contributed by atoms with van der Waals surface area (Å²) < 4.78 is 40.5. The van der Waals surface area contributed by atoms with Crippen LogP contribution in [0, 0.1) is 5.92 Å². The van der Waals surface area contributed by atoms with E-state index in [0.29, 0.717) is 29.1 Å². The van der Waals surface area contributed by atoms with E-state index in [1.54, 1.807) is 76.4 Å². The Bertz CT molecular complexity index is 2410. The second-order valence-corrected chi connectivity index (χ2v) is 18.8. The highest BCUT2D eigenvalue weighted by Crippen LogP contribution is 2.49. The van der Waals surface area contributed by atoms with Crippen molar-refractivity contribution in [2.75, 3.05) is 71.2 Å². The summed E-state index contributed by atoms with van der Waals surface area (Å²) in [5.41, 5.74) is 0.613. The average Bonchev–Trinajstić information content (AvgIpc) is 3.92. The van der Waals surface area contributed by atoms with Crippen LogP contribution in [-0.4, -0.2) is 154 Å². The highest BCUT2D eigenvalue weighted by Gasteiger charge is 2.64. The summed E-state index contributed by atoms with van der Waals surface area (Å²) in [5.74, 6) is -2.35. The number of likely N-dealkylation sites (N-methyl/N-ethyl adjacent to an activating group) is 1. The van der Waals surface area contributed by atoms with Crippen LogP contribution in [0.3, 0.4) is 0 Å². The number of fused-ring (bicyclic) bond motifs is 5. The summed E-state index contributed by atoms with van der Waals surface area (Å²) >= 11 is 6.80. The van der Waals surface area contributed by atoms with Crippen LogP contribution in [0.4, 0.5) is 16.2 Å². The molecule has 6 rings (SSSR count). The van der Waals surface area contributed by atoms with Crippen LogP contribution in [0.15, 0.2) is 65.3 Å². The molecule has 8 atom stereocenters. The number of allylic oxidation sites excluding steroid dienone is 3. The third kappa shape index (κ3) is 13.2. The Morgan fingerprint density at radius 1 is 1.04 bits per heavy atom. The normalized spacial score (nSPS) is 27.3. The van der Waals surface area contributed by atoms with Crippen LogP contribution >= 0.6 is 11.6 Å². The minimum atomic E-state index is -1.87. The standard InChI is InChI=1S/C50H65ClN6O14/c1-29-11-10-12-39(66-9)50(64)28-38(69-48(63)53-50)31(3)45-49(5,71-45)40(27-42(59)56(7)36-25-33(23-29)26-37(65-8)44(36)51)70-47(62)32(4)55(6)41(58)17-19-67-21-22-68-20-18-52-46(61)34-13-15-35(16-14-34)57-43(60)24-30(2)54-57/h10-16,25-26,31-32,38-40,45,64H,17-24,27-28H2,1-9H3,(H,52,61)(H,53,63)/b12-10+,29-11+/t31-,32+,38+,39-,40+,45?,49+,50+/m1/s1. The maximum absolute atomic E-state index is 14.3. The zero-order valence-electron chi connectivity index (χ0n) is 41.7. The number of nitrogens with one attached hydrogen (secondary N) is 2. The summed E-state index contributed by atoms with van der Waals surface area (Å²) in [4.78, 5) is 81.8. The van der Waals surface area contributed by atoms with Crippen molar-refractivity contribution >= 4 is 64.4 Å². The van der Waals surface area contributed by atoms with E-state index in [1.165, 1.54) is 43.0 Å². The van der Waals surface area contributed by atoms with Gasteiger partial charge in [-0.25, -0.2) is 14.6 Å². The largest absolute Gasteiger partial charge is 0.495 e. The van der Waals surface area contributed by atoms with Crippen molar-refractivity contribution < 1.29 is 67.0 Å². The van der Waals surface area contributed by atoms with Gasteiger partial charge < -0.3 is 53.4 Å². The number of carbonyl (C=O) groups is 6. The molecule has 0 aromatic heterocycles. The number of epoxide rings is 1. The second-order valence-electron chi connectivity index (χ2n) is 18.4. The van der Waals surface area contributed by atoms with Crippen LogP contribution in [0.25, 0.3) is 0 Å². The van der Waals surface area contributed by atoms with E-state index in [4.69, 9.17) is 44.8 Å². The molecule has 0 saturated carbocycles. The van der Waals surface area contributed by atoms with Crippen molar-refractivity contribution in [2.24, 2.45) is 11.0 Å². The number of aliphatic hydroxyl groups is 1. The van der Waals surface area contributed by atoms with Gasteiger partial charge in [0.25, 0.3) is 11.8 Å². The SMILES string of the molecule is COc1cc2cc(c1Cl)N(C)C(=O)C[C@H](OC(=O)[C@H](C)N(C)C(=O)CCOCCOCCNC(=O)c1ccc(N3N=C(C)CC3=O)cc1)[C@]1(C)OC1[C@H](C)[C@@H]1C[C@@](O)(NC(=O)O1)[C@H](OC)/C=C/C=C(\C)C2. The van der Waals surface area contributed by atoms with Gasteiger partial charge in [-0.3, -0.25) is 24.5 Å². The number of anilines is 2. The van der Waals surface area contributed by atoms with Gasteiger partial charge >= 0.3 is 12.1 Å². The van der Waals surface area contributed by atoms with Gasteiger partial charge in [0.2, 0.25) is 11.8 Å². The van der Waals surface area contributed by atoms with Crippen molar-refractivity contribution in [3.8, 4) is 5.75 Å². The topological polar surface area (TPSA) is 237 Å². The first-order valence-electron chi connectivity index (χ1n) is 23.4. The Hall–Kier alpha value is -5.90. The minimum absolute atomic E-state index is 0.0338. The molecule has 5 amide bonds. The molecule has 4 bridgehead atoms. The summed E-state index contributed by atoms with van der Waals surface area (Å²) in [6, 6.07) is 9.01. The number of halogens is 1. The first-order chi connectivity index (χ1) is 33.7. The zero-order valence-corrected chi connectivity index (χ0v) is 42.4. The molecular weight excluding hydrogens is 944 g/mol. The summed E-state index contributed by atoms with van der Waals surface area (Å²) in [6.07, 6.45) is 0.743. The van der Waals surface area contributed by atoms with Gasteiger partial charge in [-0.1, -0.05) is 42.3 Å². The van der Waals surface area contributed by atoms with Crippen LogP contribution in [0.1, 0.15) is 76.2 Å². The molecule has 2 saturated heterocycles. The highest BCUT2D eigenvalue weighted by molar-refractivity contribution is 6.35. The molecule has 1 unspecified atom stereocenters. The molecule has 0 aliphatic carbocycles. The van der Waals surface area contributed by atoms with E-state index in [1.807, 2.05) is 13.0 Å². The minimum Gasteiger partial charge on any atom is -0.495 e. The quantitative estimate of drug-likeness (QED) is 0.120. The predicted octanol–water partition coefficient (Wildman–Crippen LogP) is 4.48. The fourth-order valence-corrected chi connectivity index (χ4v) is 9.04. The van der Waals surface area contributed by atoms with E-state index in [2.05, 4.69) is 15.7 Å². The number of hydrazone groups is 1. The van der Waals surface area contributed by atoms with Gasteiger partial charge in [0.05, 0.1) is 70.3 Å². The molecule has 20 nitrogen and oxygen atoms in total. The number of carbonyl (C=O) groups excluding carboxylic acids is 6. The Morgan fingerprint density at radius 2 is 1.75 bits per heavy atom. The lowest BCUT2D eigenvalue weighted by atomic mass is 9.83. The second kappa shape index (κ2) is 23.6. The fourth-order valence-electron chi connectivity index (χ4n) is 8.73. The molecule has 4 aliphatic heterocycles. The van der Waals surface area contributed by atoms with Crippen LogP contribution in [0.5, 0.6) is 5.75 Å². The number of amides is 5. The molecule has 0 spiro atoms. The van der Waals surface area contributed by atoms with E-state index < -0.39 is 71.6 Å². The van der Waals surface area contributed by atoms with Crippen molar-refractivity contribution in [3.63, 3.8) is 0 Å². The number of methoxy groups -OCH3 is 2. The zero-order chi connectivity index (χ0) is 51.8. The number of ether oxygens (including phenoxy) is 7. The Morgan fingerprint density at radius 3 is 2.41 bits per heavy atom. The third-order valence-corrected chi connectivity index (χ3v) is 13.6. The van der Waals surface area contributed by atoms with E-state index >= 15 is 0 Å². The Balaban J connectivity index is 1.05. The fraction of sp³-hybridized carbons (Fsp3) is 0.540. The van der Waals surface area contributed by atoms with Crippen LogP contribution in [-0.2, 0) is 54.0 Å². The van der Waals surface area contributed by atoms with Gasteiger partial charge in [-0.05, 0) is 76.1 Å². The van der Waals surface area contributed by atoms with E-state index in [0.717, 1.165) is 16.8 Å². The maximum Gasteiger partial charge on any atom is 0.409 e. The molecular formula is C50H65ClN6O14. The average molecular weight is 1010 g/mol. The monoisotopic (exact) mass is 1010 g/mol. The molecule has 4 aliphatic rings. The molecule has 386 valence electrons. The molecule has 4 heterocycles. The van der Waals surface area contributed by atoms with Gasteiger partial charge in [0, 0.05) is 51.4 Å². The number of esters is 1. The maximum atomic E-state index is 14.3. The van der Waals surface area contributed by atoms with Crippen molar-refractivity contribution in [1.82, 2.24) is 15.5 Å². The van der Waals surface area contributed by atoms with E-state index in [9.17, 15) is 33.9 Å². The van der Waals surface area contributed by atoms with E-state index in [-0.39, 0.29) is 75.5 Å². The van der Waals surface area contributed by atoms with Gasteiger partial charge in [-0.2, -0.15) is 5.10 Å².